The fraction of sp³-hybridized carbons (Fsp3) is 0.154. The Morgan fingerprint density at radius 1 is 1.15 bits per heavy atom. The Bertz CT molecular complexity index is 653. The van der Waals surface area contributed by atoms with E-state index in [0.717, 1.165) is 11.4 Å². The Labute approximate surface area is 126 Å². The minimum Gasteiger partial charge on any atom is -0.506 e. The molecule has 0 aliphatic heterocycles. The zero-order valence-corrected chi connectivity index (χ0v) is 12.4. The van der Waals surface area contributed by atoms with E-state index in [9.17, 15) is 5.11 Å². The summed E-state index contributed by atoms with van der Waals surface area (Å²) in [5.41, 5.74) is 4.77. The van der Waals surface area contributed by atoms with Crippen LogP contribution in [0.15, 0.2) is 23.3 Å². The number of hydrogen-bond donors (Lipinski definition) is 2. The number of rotatable bonds is 3. The maximum Gasteiger partial charge on any atom is 0.243 e. The van der Waals surface area contributed by atoms with Gasteiger partial charge < -0.3 is 5.11 Å². The Hall–Kier alpha value is -1.85. The lowest BCUT2D eigenvalue weighted by Crippen LogP contribution is -1.99. The molecular weight excluding hydrogens is 299 g/mol. The van der Waals surface area contributed by atoms with Crippen LogP contribution in [0.5, 0.6) is 5.75 Å². The number of benzene rings is 1. The summed E-state index contributed by atoms with van der Waals surface area (Å²) in [4.78, 5) is 8.34. The number of phenols is 1. The van der Waals surface area contributed by atoms with Crippen molar-refractivity contribution in [2.75, 3.05) is 5.43 Å². The minimum atomic E-state index is -0.0806. The molecule has 5 nitrogen and oxygen atoms in total. The first-order valence-electron chi connectivity index (χ1n) is 5.75. The highest BCUT2D eigenvalue weighted by Crippen LogP contribution is 2.29. The minimum absolute atomic E-state index is 0.0806. The standard InChI is InChI=1S/C13H12Cl2N4O/c1-7-3-8(2)18-13(17-7)19-16-6-9-4-10(14)5-11(15)12(9)20/h3-6,20H,1-2H3,(H,17,18,19). The summed E-state index contributed by atoms with van der Waals surface area (Å²) < 4.78 is 0. The molecule has 7 heteroatoms. The van der Waals surface area contributed by atoms with Crippen LogP contribution >= 0.6 is 23.2 Å². The molecule has 2 N–H and O–H groups in total. The molecule has 1 aromatic carbocycles. The number of nitrogens with zero attached hydrogens (tertiary/aromatic N) is 3. The largest absolute Gasteiger partial charge is 0.506 e. The van der Waals surface area contributed by atoms with E-state index in [1.54, 1.807) is 6.07 Å². The van der Waals surface area contributed by atoms with Gasteiger partial charge in [-0.3, -0.25) is 0 Å². The number of aromatic hydroxyl groups is 1. The molecule has 0 aliphatic carbocycles. The number of nitrogens with one attached hydrogen (secondary N) is 1. The molecule has 1 aromatic heterocycles. The van der Waals surface area contributed by atoms with Gasteiger partial charge in [0, 0.05) is 22.0 Å². The second kappa shape index (κ2) is 6.07. The third-order valence-corrected chi connectivity index (χ3v) is 2.91. The summed E-state index contributed by atoms with van der Waals surface area (Å²) in [5, 5.41) is 14.3. The number of hydrogen-bond acceptors (Lipinski definition) is 5. The molecule has 0 radical (unpaired) electrons. The topological polar surface area (TPSA) is 70.4 Å². The SMILES string of the molecule is Cc1cc(C)nc(NN=Cc2cc(Cl)cc(Cl)c2O)n1. The molecule has 104 valence electrons. The molecule has 0 unspecified atom stereocenters. The van der Waals surface area contributed by atoms with E-state index in [2.05, 4.69) is 20.5 Å². The molecule has 2 aromatic rings. The zero-order valence-electron chi connectivity index (χ0n) is 10.9. The Morgan fingerprint density at radius 3 is 2.45 bits per heavy atom. The molecule has 0 spiro atoms. The second-order valence-corrected chi connectivity index (χ2v) is 5.01. The summed E-state index contributed by atoms with van der Waals surface area (Å²) in [6.07, 6.45) is 1.40. The Balaban J connectivity index is 2.18. The highest BCUT2D eigenvalue weighted by atomic mass is 35.5. The number of aromatic nitrogens is 2. The maximum atomic E-state index is 9.77. The summed E-state index contributed by atoms with van der Waals surface area (Å²) in [5.74, 6) is 0.300. The van der Waals surface area contributed by atoms with Gasteiger partial charge in [0.15, 0.2) is 0 Å². The third kappa shape index (κ3) is 3.59. The Kier molecular flexibility index (Phi) is 4.42. The molecule has 0 saturated carbocycles. The molecule has 0 atom stereocenters. The van der Waals surface area contributed by atoms with Crippen molar-refractivity contribution in [3.63, 3.8) is 0 Å². The Morgan fingerprint density at radius 2 is 1.80 bits per heavy atom. The monoisotopic (exact) mass is 310 g/mol. The van der Waals surface area contributed by atoms with Crippen molar-refractivity contribution < 1.29 is 5.11 Å². The average molecular weight is 311 g/mol. The van der Waals surface area contributed by atoms with Gasteiger partial charge >= 0.3 is 0 Å². The molecule has 20 heavy (non-hydrogen) atoms. The summed E-state index contributed by atoms with van der Waals surface area (Å²) in [6.45, 7) is 3.73. The average Bonchev–Trinajstić information content (AvgIpc) is 2.34. The molecule has 0 aliphatic rings. The van der Waals surface area contributed by atoms with E-state index in [0.29, 0.717) is 16.5 Å². The smallest absolute Gasteiger partial charge is 0.243 e. The van der Waals surface area contributed by atoms with Crippen molar-refractivity contribution >= 4 is 35.4 Å². The van der Waals surface area contributed by atoms with Crippen LogP contribution in [0, 0.1) is 13.8 Å². The van der Waals surface area contributed by atoms with Crippen molar-refractivity contribution in [1.82, 2.24) is 9.97 Å². The highest BCUT2D eigenvalue weighted by Gasteiger charge is 2.06. The van der Waals surface area contributed by atoms with Gasteiger partial charge in [-0.05, 0) is 32.0 Å². The van der Waals surface area contributed by atoms with Crippen LogP contribution in [0.1, 0.15) is 17.0 Å². The summed E-state index contributed by atoms with van der Waals surface area (Å²) in [6, 6.07) is 4.87. The van der Waals surface area contributed by atoms with Crippen LogP contribution in [-0.4, -0.2) is 21.3 Å². The van der Waals surface area contributed by atoms with E-state index < -0.39 is 0 Å². The van der Waals surface area contributed by atoms with E-state index in [1.807, 2.05) is 19.9 Å². The zero-order chi connectivity index (χ0) is 14.7. The normalized spacial score (nSPS) is 11.0. The lowest BCUT2D eigenvalue weighted by atomic mass is 10.2. The fourth-order valence-electron chi connectivity index (χ4n) is 1.62. The van der Waals surface area contributed by atoms with Crippen LogP contribution in [0.3, 0.4) is 0 Å². The maximum absolute atomic E-state index is 9.77. The molecular formula is C13H12Cl2N4O. The molecule has 2 rings (SSSR count). The van der Waals surface area contributed by atoms with E-state index >= 15 is 0 Å². The van der Waals surface area contributed by atoms with Gasteiger partial charge in [-0.1, -0.05) is 23.2 Å². The van der Waals surface area contributed by atoms with Gasteiger partial charge in [-0.25, -0.2) is 15.4 Å². The number of halogens is 2. The van der Waals surface area contributed by atoms with Gasteiger partial charge in [-0.2, -0.15) is 5.10 Å². The first kappa shape index (κ1) is 14.6. The van der Waals surface area contributed by atoms with Crippen LogP contribution in [0.2, 0.25) is 10.0 Å². The predicted octanol–water partition coefficient (Wildman–Crippen LogP) is 3.55. The van der Waals surface area contributed by atoms with Crippen LogP contribution in [0.4, 0.5) is 5.95 Å². The number of aryl methyl sites for hydroxylation is 2. The first-order valence-corrected chi connectivity index (χ1v) is 6.50. The summed E-state index contributed by atoms with van der Waals surface area (Å²) in [7, 11) is 0. The molecule has 0 bridgehead atoms. The van der Waals surface area contributed by atoms with Gasteiger partial charge in [0.1, 0.15) is 5.75 Å². The summed E-state index contributed by atoms with van der Waals surface area (Å²) >= 11 is 11.7. The number of hydrazone groups is 1. The quantitative estimate of drug-likeness (QED) is 0.672. The third-order valence-electron chi connectivity index (χ3n) is 2.41. The van der Waals surface area contributed by atoms with E-state index in [4.69, 9.17) is 23.2 Å². The van der Waals surface area contributed by atoms with Gasteiger partial charge in [0.25, 0.3) is 0 Å². The molecule has 0 amide bonds. The van der Waals surface area contributed by atoms with Crippen LogP contribution in [0.25, 0.3) is 0 Å². The van der Waals surface area contributed by atoms with E-state index in [1.165, 1.54) is 12.3 Å². The van der Waals surface area contributed by atoms with Crippen molar-refractivity contribution in [2.45, 2.75) is 13.8 Å². The second-order valence-electron chi connectivity index (χ2n) is 4.17. The highest BCUT2D eigenvalue weighted by molar-refractivity contribution is 6.36. The first-order chi connectivity index (χ1) is 9.45. The van der Waals surface area contributed by atoms with Crippen molar-refractivity contribution in [3.05, 3.63) is 45.2 Å². The van der Waals surface area contributed by atoms with Crippen molar-refractivity contribution in [2.24, 2.45) is 5.10 Å². The molecule has 0 fully saturated rings. The lowest BCUT2D eigenvalue weighted by molar-refractivity contribution is 0.475. The van der Waals surface area contributed by atoms with Gasteiger partial charge in [0.05, 0.1) is 11.2 Å². The lowest BCUT2D eigenvalue weighted by Gasteiger charge is -2.03. The molecule has 0 saturated heterocycles. The molecule has 1 heterocycles. The van der Waals surface area contributed by atoms with Crippen LogP contribution < -0.4 is 5.43 Å². The van der Waals surface area contributed by atoms with Crippen LogP contribution in [-0.2, 0) is 0 Å². The number of phenolic OH excluding ortho intramolecular Hbond substituents is 1. The van der Waals surface area contributed by atoms with Crippen molar-refractivity contribution in [1.29, 1.82) is 0 Å². The van der Waals surface area contributed by atoms with Gasteiger partial charge in [0.2, 0.25) is 5.95 Å². The number of anilines is 1. The fourth-order valence-corrected chi connectivity index (χ4v) is 2.13. The van der Waals surface area contributed by atoms with E-state index in [-0.39, 0.29) is 10.8 Å². The predicted molar refractivity (Wildman–Crippen MR) is 80.8 cm³/mol. The van der Waals surface area contributed by atoms with Crippen molar-refractivity contribution in [3.8, 4) is 5.75 Å². The van der Waals surface area contributed by atoms with Gasteiger partial charge in [-0.15, -0.1) is 0 Å².